The standard InChI is InChI=1S/C10H13NO4/c1-13-8-3-10-9(14-5-15-10)2-6(8)7(12)4-11/h2-3,7,12H,4-5,11H2,1H3/t7-/m0/s1. The highest BCUT2D eigenvalue weighted by molar-refractivity contribution is 5.52. The molecule has 2 rings (SSSR count). The fourth-order valence-electron chi connectivity index (χ4n) is 1.50. The highest BCUT2D eigenvalue weighted by Crippen LogP contribution is 2.39. The summed E-state index contributed by atoms with van der Waals surface area (Å²) in [6, 6.07) is 3.38. The second kappa shape index (κ2) is 3.96. The molecule has 15 heavy (non-hydrogen) atoms. The molecular formula is C10H13NO4. The maximum Gasteiger partial charge on any atom is 0.231 e. The van der Waals surface area contributed by atoms with E-state index in [4.69, 9.17) is 19.9 Å². The Kier molecular flexibility index (Phi) is 2.66. The van der Waals surface area contributed by atoms with Crippen molar-refractivity contribution < 1.29 is 19.3 Å². The third-order valence-corrected chi connectivity index (χ3v) is 2.31. The summed E-state index contributed by atoms with van der Waals surface area (Å²) in [5.41, 5.74) is 6.01. The Balaban J connectivity index is 2.44. The van der Waals surface area contributed by atoms with Gasteiger partial charge in [0.15, 0.2) is 11.5 Å². The van der Waals surface area contributed by atoms with Gasteiger partial charge in [0.2, 0.25) is 6.79 Å². The van der Waals surface area contributed by atoms with Crippen molar-refractivity contribution in [3.05, 3.63) is 17.7 Å². The van der Waals surface area contributed by atoms with E-state index in [9.17, 15) is 5.11 Å². The summed E-state index contributed by atoms with van der Waals surface area (Å²) in [5, 5.41) is 9.67. The summed E-state index contributed by atoms with van der Waals surface area (Å²) >= 11 is 0. The number of hydrogen-bond donors (Lipinski definition) is 2. The third kappa shape index (κ3) is 1.71. The number of aliphatic hydroxyl groups is 1. The van der Waals surface area contributed by atoms with E-state index in [-0.39, 0.29) is 13.3 Å². The molecule has 1 heterocycles. The van der Waals surface area contributed by atoms with Gasteiger partial charge in [-0.25, -0.2) is 0 Å². The van der Waals surface area contributed by atoms with Crippen LogP contribution in [-0.2, 0) is 0 Å². The summed E-state index contributed by atoms with van der Waals surface area (Å²) in [4.78, 5) is 0. The van der Waals surface area contributed by atoms with Gasteiger partial charge in [0.25, 0.3) is 0 Å². The molecule has 0 spiro atoms. The minimum Gasteiger partial charge on any atom is -0.496 e. The lowest BCUT2D eigenvalue weighted by Gasteiger charge is -2.13. The van der Waals surface area contributed by atoms with Crippen LogP contribution in [0.25, 0.3) is 0 Å². The Morgan fingerprint density at radius 3 is 2.73 bits per heavy atom. The molecule has 3 N–H and O–H groups in total. The molecule has 1 aliphatic heterocycles. The van der Waals surface area contributed by atoms with Gasteiger partial charge < -0.3 is 25.1 Å². The van der Waals surface area contributed by atoms with Crippen molar-refractivity contribution in [2.45, 2.75) is 6.10 Å². The molecule has 0 fully saturated rings. The van der Waals surface area contributed by atoms with E-state index in [0.717, 1.165) is 0 Å². The van der Waals surface area contributed by atoms with E-state index in [1.165, 1.54) is 7.11 Å². The fourth-order valence-corrected chi connectivity index (χ4v) is 1.50. The number of rotatable bonds is 3. The van der Waals surface area contributed by atoms with Crippen LogP contribution in [0.4, 0.5) is 0 Å². The van der Waals surface area contributed by atoms with E-state index in [2.05, 4.69) is 0 Å². The normalized spacial score (nSPS) is 15.1. The van der Waals surface area contributed by atoms with Gasteiger partial charge in [-0.3, -0.25) is 0 Å². The van der Waals surface area contributed by atoms with Gasteiger partial charge in [-0.05, 0) is 6.07 Å². The highest BCUT2D eigenvalue weighted by Gasteiger charge is 2.20. The molecule has 1 atom stereocenters. The first-order valence-corrected chi connectivity index (χ1v) is 4.62. The smallest absolute Gasteiger partial charge is 0.231 e. The SMILES string of the molecule is COc1cc2c(cc1[C@@H](O)CN)OCO2. The first-order valence-electron chi connectivity index (χ1n) is 4.62. The van der Waals surface area contributed by atoms with Gasteiger partial charge >= 0.3 is 0 Å². The molecule has 0 radical (unpaired) electrons. The van der Waals surface area contributed by atoms with Crippen LogP contribution in [0.1, 0.15) is 11.7 Å². The third-order valence-electron chi connectivity index (χ3n) is 2.31. The summed E-state index contributed by atoms with van der Waals surface area (Å²) < 4.78 is 15.5. The number of methoxy groups -OCH3 is 1. The Morgan fingerprint density at radius 1 is 1.47 bits per heavy atom. The number of ether oxygens (including phenoxy) is 3. The van der Waals surface area contributed by atoms with Crippen molar-refractivity contribution in [2.75, 3.05) is 20.4 Å². The first-order chi connectivity index (χ1) is 7.26. The molecule has 0 saturated heterocycles. The van der Waals surface area contributed by atoms with Crippen LogP contribution in [0.15, 0.2) is 12.1 Å². The topological polar surface area (TPSA) is 73.9 Å². The van der Waals surface area contributed by atoms with E-state index < -0.39 is 6.10 Å². The minimum absolute atomic E-state index is 0.135. The Morgan fingerprint density at radius 2 is 2.13 bits per heavy atom. The molecule has 0 aliphatic carbocycles. The van der Waals surface area contributed by atoms with Crippen LogP contribution in [-0.4, -0.2) is 25.6 Å². The van der Waals surface area contributed by atoms with Crippen molar-refractivity contribution in [3.8, 4) is 17.2 Å². The zero-order chi connectivity index (χ0) is 10.8. The Bertz CT molecular complexity index is 367. The van der Waals surface area contributed by atoms with Crippen molar-refractivity contribution in [3.63, 3.8) is 0 Å². The van der Waals surface area contributed by atoms with Crippen LogP contribution in [0, 0.1) is 0 Å². The molecule has 0 saturated carbocycles. The molecule has 1 aromatic carbocycles. The van der Waals surface area contributed by atoms with Gasteiger partial charge in [-0.1, -0.05) is 0 Å². The lowest BCUT2D eigenvalue weighted by atomic mass is 10.1. The molecule has 0 unspecified atom stereocenters. The Labute approximate surface area is 87.4 Å². The van der Waals surface area contributed by atoms with Crippen LogP contribution < -0.4 is 19.9 Å². The number of benzene rings is 1. The van der Waals surface area contributed by atoms with Crippen LogP contribution in [0.3, 0.4) is 0 Å². The largest absolute Gasteiger partial charge is 0.496 e. The van der Waals surface area contributed by atoms with Crippen molar-refractivity contribution in [1.29, 1.82) is 0 Å². The quantitative estimate of drug-likeness (QED) is 0.757. The summed E-state index contributed by atoms with van der Waals surface area (Å²) in [6.45, 7) is 0.330. The number of aliphatic hydroxyl groups excluding tert-OH is 1. The van der Waals surface area contributed by atoms with Crippen LogP contribution >= 0.6 is 0 Å². The predicted octanol–water partition coefficient (Wildman–Crippen LogP) is 0.416. The molecule has 0 amide bonds. The zero-order valence-electron chi connectivity index (χ0n) is 8.40. The average molecular weight is 211 g/mol. The van der Waals surface area contributed by atoms with Crippen LogP contribution in [0.5, 0.6) is 17.2 Å². The molecule has 1 aromatic rings. The van der Waals surface area contributed by atoms with Gasteiger partial charge in [-0.15, -0.1) is 0 Å². The Hall–Kier alpha value is -1.46. The molecular weight excluding hydrogens is 198 g/mol. The maximum absolute atomic E-state index is 9.67. The van der Waals surface area contributed by atoms with E-state index in [0.29, 0.717) is 22.8 Å². The number of nitrogens with two attached hydrogens (primary N) is 1. The van der Waals surface area contributed by atoms with E-state index >= 15 is 0 Å². The molecule has 0 bridgehead atoms. The van der Waals surface area contributed by atoms with E-state index in [1.54, 1.807) is 12.1 Å². The van der Waals surface area contributed by atoms with Gasteiger partial charge in [0.05, 0.1) is 13.2 Å². The summed E-state index contributed by atoms with van der Waals surface area (Å²) in [7, 11) is 1.53. The van der Waals surface area contributed by atoms with E-state index in [1.807, 2.05) is 0 Å². The summed E-state index contributed by atoms with van der Waals surface area (Å²) in [6.07, 6.45) is -0.755. The molecule has 5 heteroatoms. The molecule has 82 valence electrons. The monoisotopic (exact) mass is 211 g/mol. The summed E-state index contributed by atoms with van der Waals surface area (Å²) in [5.74, 6) is 1.79. The highest BCUT2D eigenvalue weighted by atomic mass is 16.7. The zero-order valence-corrected chi connectivity index (χ0v) is 8.40. The second-order valence-corrected chi connectivity index (χ2v) is 3.20. The maximum atomic E-state index is 9.67. The van der Waals surface area contributed by atoms with Gasteiger partial charge in [-0.2, -0.15) is 0 Å². The average Bonchev–Trinajstić information content (AvgIpc) is 2.73. The van der Waals surface area contributed by atoms with Crippen LogP contribution in [0.2, 0.25) is 0 Å². The number of hydrogen-bond acceptors (Lipinski definition) is 5. The molecule has 0 aromatic heterocycles. The number of fused-ring (bicyclic) bond motifs is 1. The van der Waals surface area contributed by atoms with Crippen molar-refractivity contribution in [2.24, 2.45) is 5.73 Å². The van der Waals surface area contributed by atoms with Gasteiger partial charge in [0.1, 0.15) is 5.75 Å². The molecule has 5 nitrogen and oxygen atoms in total. The molecule has 1 aliphatic rings. The predicted molar refractivity (Wildman–Crippen MR) is 53.1 cm³/mol. The fraction of sp³-hybridized carbons (Fsp3) is 0.400. The lowest BCUT2D eigenvalue weighted by Crippen LogP contribution is -2.12. The minimum atomic E-state index is -0.755. The van der Waals surface area contributed by atoms with Gasteiger partial charge in [0, 0.05) is 18.2 Å². The van der Waals surface area contributed by atoms with Crippen molar-refractivity contribution >= 4 is 0 Å². The second-order valence-electron chi connectivity index (χ2n) is 3.20. The van der Waals surface area contributed by atoms with Crippen molar-refractivity contribution in [1.82, 2.24) is 0 Å². The lowest BCUT2D eigenvalue weighted by molar-refractivity contribution is 0.172. The first kappa shape index (κ1) is 10.1.